The van der Waals surface area contributed by atoms with Crippen LogP contribution in [0.2, 0.25) is 0 Å². The van der Waals surface area contributed by atoms with Gasteiger partial charge in [0.05, 0.1) is 21.3 Å². The Labute approximate surface area is 696 Å². The summed E-state index contributed by atoms with van der Waals surface area (Å²) in [5.74, 6) is 3.59. The van der Waals surface area contributed by atoms with Gasteiger partial charge in [0.2, 0.25) is 0 Å². The molecule has 0 saturated heterocycles. The summed E-state index contributed by atoms with van der Waals surface area (Å²) in [5.41, 5.74) is 17.8. The van der Waals surface area contributed by atoms with Crippen molar-refractivity contribution in [2.45, 2.75) is 118 Å². The lowest BCUT2D eigenvalue weighted by Crippen LogP contribution is -1.89. The average molecular weight is 1540 g/mol. The molecule has 0 aliphatic heterocycles. The van der Waals surface area contributed by atoms with E-state index < -0.39 is 0 Å². The van der Waals surface area contributed by atoms with Crippen molar-refractivity contribution in [3.63, 3.8) is 0 Å². The Balaban J connectivity index is -0.00000117. The van der Waals surface area contributed by atoms with Crippen LogP contribution in [-0.2, 0) is 11.2 Å². The minimum absolute atomic E-state index is 0. The number of aromatic hydroxyl groups is 4. The van der Waals surface area contributed by atoms with Gasteiger partial charge in [-0.05, 0) is 186 Å². The van der Waals surface area contributed by atoms with Crippen LogP contribution in [0.25, 0.3) is 0 Å². The number of benzene rings is 14. The fourth-order valence-electron chi connectivity index (χ4n) is 8.62. The van der Waals surface area contributed by atoms with E-state index in [1.165, 1.54) is 79.4 Å². The van der Waals surface area contributed by atoms with Crippen LogP contribution in [0.15, 0.2) is 376 Å². The number of ether oxygens (including phenoxy) is 3. The lowest BCUT2D eigenvalue weighted by Gasteiger charge is -2.07. The number of phenols is 4. The second-order valence-corrected chi connectivity index (χ2v) is 25.5. The van der Waals surface area contributed by atoms with Gasteiger partial charge in [0.25, 0.3) is 0 Å². The Morgan fingerprint density at radius 2 is 0.435 bits per heavy atom. The Hall–Kier alpha value is -12.5. The molecule has 10 heteroatoms. The highest BCUT2D eigenvalue weighted by atomic mass is 16.5. The lowest BCUT2D eigenvalue weighted by atomic mass is 9.81. The molecule has 602 valence electrons. The van der Waals surface area contributed by atoms with Crippen molar-refractivity contribution >= 4 is 22.3 Å². The molecule has 0 aromatic heterocycles. The number of methoxy groups -OCH3 is 3. The van der Waals surface area contributed by atoms with Gasteiger partial charge in [0, 0.05) is 15.5 Å². The molecule has 14 aromatic rings. The summed E-state index contributed by atoms with van der Waals surface area (Å²) in [4.78, 5) is 8.00. The molecule has 115 heavy (non-hydrogen) atoms. The molecular formula is C105H128B2O8. The summed E-state index contributed by atoms with van der Waals surface area (Å²) in [6.07, 6.45) is 0.823. The van der Waals surface area contributed by atoms with E-state index in [0.29, 0.717) is 17.1 Å². The van der Waals surface area contributed by atoms with Gasteiger partial charge in [-0.25, -0.2) is 0 Å². The van der Waals surface area contributed by atoms with Gasteiger partial charge in [-0.15, -0.1) is 0 Å². The van der Waals surface area contributed by atoms with E-state index in [1.807, 2.05) is 246 Å². The second-order valence-electron chi connectivity index (χ2n) is 25.5. The van der Waals surface area contributed by atoms with Crippen LogP contribution >= 0.6 is 0 Å². The van der Waals surface area contributed by atoms with Crippen LogP contribution < -0.4 is 14.2 Å². The highest BCUT2D eigenvalue weighted by molar-refractivity contribution is 6.75. The number of hydrogen-bond acceptors (Lipinski definition) is 8. The minimum Gasteiger partial charge on any atom is -0.508 e. The number of hydrogen-bond donors (Lipinski definition) is 4. The molecule has 0 saturated carbocycles. The van der Waals surface area contributed by atoms with Crippen LogP contribution in [0.3, 0.4) is 0 Å². The summed E-state index contributed by atoms with van der Waals surface area (Å²) in [6.45, 7) is 32.3. The Bertz CT molecular complexity index is 3830. The molecule has 4 radical (unpaired) electrons. The average Bonchev–Trinajstić information content (AvgIpc) is 0.861. The number of phenolic OH excluding ortho intramolecular Hbond substituents is 4. The Morgan fingerprint density at radius 1 is 0.243 bits per heavy atom. The molecule has 0 aliphatic rings. The van der Waals surface area contributed by atoms with Crippen molar-refractivity contribution in [2.24, 2.45) is 0 Å². The predicted molar refractivity (Wildman–Crippen MR) is 498 cm³/mol. The summed E-state index contributed by atoms with van der Waals surface area (Å²) in [7, 11) is 12.9. The van der Waals surface area contributed by atoms with Crippen molar-refractivity contribution in [2.75, 3.05) is 21.3 Å². The van der Waals surface area contributed by atoms with E-state index in [4.69, 9.17) is 34.3 Å². The van der Waals surface area contributed by atoms with E-state index in [1.54, 1.807) is 46.5 Å². The van der Waals surface area contributed by atoms with Crippen molar-refractivity contribution < 1.29 is 39.4 Å². The van der Waals surface area contributed by atoms with Crippen LogP contribution in [0.4, 0.5) is 0 Å². The molecule has 4 N–H and O–H groups in total. The van der Waals surface area contributed by atoms with Gasteiger partial charge in [0.1, 0.15) is 47.0 Å². The molecule has 0 amide bonds. The highest BCUT2D eigenvalue weighted by Gasteiger charge is 2.05. The summed E-state index contributed by atoms with van der Waals surface area (Å²) >= 11 is 0. The lowest BCUT2D eigenvalue weighted by molar-refractivity contribution is -0.0980. The van der Waals surface area contributed by atoms with Crippen molar-refractivity contribution in [3.05, 3.63) is 460 Å². The molecule has 0 bridgehead atoms. The zero-order valence-electron chi connectivity index (χ0n) is 70.8. The van der Waals surface area contributed by atoms with Gasteiger partial charge >= 0.3 is 0 Å². The maximum absolute atomic E-state index is 9.56. The number of aryl methyl sites for hydroxylation is 15. The van der Waals surface area contributed by atoms with Gasteiger partial charge < -0.3 is 39.4 Å². The minimum atomic E-state index is 0. The first-order valence-electron chi connectivity index (χ1n) is 37.5. The fraction of sp³-hybridized carbons (Fsp3) is 0.190. The summed E-state index contributed by atoms with van der Waals surface area (Å²) < 4.78 is 15.0. The summed E-state index contributed by atoms with van der Waals surface area (Å²) in [5, 5.41) is 36.4. The van der Waals surface area contributed by atoms with Crippen molar-refractivity contribution in [3.8, 4) is 40.2 Å². The maximum Gasteiger partial charge on any atom is 0.121 e. The first kappa shape index (κ1) is 107. The van der Waals surface area contributed by atoms with Crippen LogP contribution in [0.5, 0.6) is 40.2 Å². The second kappa shape index (κ2) is 71.8. The number of carbonyl (C=O) groups excluding carboxylic acids is 1. The standard InChI is InChI=1S/C10H14O2.C8H10O2.C8H10O.C7H8O2.10C7H8.CH2O.CH4.B2/c1-4-8-6-9(12-3)5-7(2)10(8)11;1-6-5-7(10-2)3-4-8(6)9;1-7-3-5-8(9-2)6-4-7;1-5-4-6(8)2-3-7(5)9;10*1-7-5-3-2-4-6-7;1-2;;1-2/h5-6,11H,4H2,1-3H3;3-5,9H,1-2H3;3-6H,1-2H3;2-4,8-9H,1H3;10*2-6H,1H3;1H2;1H4;. The van der Waals surface area contributed by atoms with E-state index in [0.717, 1.165) is 40.4 Å². The fourth-order valence-corrected chi connectivity index (χ4v) is 8.62. The molecule has 0 unspecified atom stereocenters. The topological polar surface area (TPSA) is 126 Å². The maximum atomic E-state index is 9.56. The number of rotatable bonds is 4. The molecule has 14 rings (SSSR count). The zero-order valence-corrected chi connectivity index (χ0v) is 70.8. The Kier molecular flexibility index (Phi) is 66.6. The monoisotopic (exact) mass is 1540 g/mol. The molecule has 0 aliphatic carbocycles. The van der Waals surface area contributed by atoms with Crippen molar-refractivity contribution in [1.29, 1.82) is 0 Å². The van der Waals surface area contributed by atoms with E-state index >= 15 is 0 Å². The predicted octanol–water partition coefficient (Wildman–Crippen LogP) is 27.0. The van der Waals surface area contributed by atoms with Gasteiger partial charge in [-0.2, -0.15) is 0 Å². The molecule has 0 spiro atoms. The zero-order chi connectivity index (χ0) is 85.4. The van der Waals surface area contributed by atoms with E-state index in [9.17, 15) is 5.11 Å². The number of carbonyl (C=O) groups is 1. The van der Waals surface area contributed by atoms with Crippen molar-refractivity contribution in [1.82, 2.24) is 0 Å². The van der Waals surface area contributed by atoms with Crippen LogP contribution in [0, 0.1) is 96.9 Å². The van der Waals surface area contributed by atoms with Gasteiger partial charge in [0.15, 0.2) is 0 Å². The normalized spacial score (nSPS) is 8.68. The molecular weight excluding hydrogens is 1410 g/mol. The first-order valence-corrected chi connectivity index (χ1v) is 37.5. The molecule has 0 atom stereocenters. The molecule has 8 nitrogen and oxygen atoms in total. The smallest absolute Gasteiger partial charge is 0.121 e. The van der Waals surface area contributed by atoms with Gasteiger partial charge in [-0.1, -0.05) is 391 Å². The summed E-state index contributed by atoms with van der Waals surface area (Å²) in [6, 6.07) is 124. The van der Waals surface area contributed by atoms with E-state index in [2.05, 4.69) is 213 Å². The third-order valence-electron chi connectivity index (χ3n) is 15.2. The third-order valence-corrected chi connectivity index (χ3v) is 15.2. The van der Waals surface area contributed by atoms with Crippen LogP contribution in [-0.4, -0.2) is 64.0 Å². The quantitative estimate of drug-likeness (QED) is 0.101. The highest BCUT2D eigenvalue weighted by Crippen LogP contribution is 2.28. The molecule has 14 aromatic carbocycles. The molecule has 0 heterocycles. The third kappa shape index (κ3) is 61.8. The van der Waals surface area contributed by atoms with E-state index in [-0.39, 0.29) is 18.9 Å². The molecule has 0 fully saturated rings. The Morgan fingerprint density at radius 3 is 0.609 bits per heavy atom. The van der Waals surface area contributed by atoms with Gasteiger partial charge in [-0.3, -0.25) is 0 Å². The SMILES string of the molecule is C.C=O.CCc1cc(OC)cc(C)c1O.COc1ccc(C)cc1.COc1ccc(O)c(C)c1.Cc1cc(O)ccc1O.Cc1ccccc1.Cc1ccccc1.Cc1ccccc1.Cc1ccccc1.Cc1ccccc1.Cc1ccccc1.Cc1ccccc1.Cc1ccccc1.Cc1ccccc1.Cc1ccccc1.[B][B]. The largest absolute Gasteiger partial charge is 0.508 e. The van der Waals surface area contributed by atoms with Crippen LogP contribution in [0.1, 0.15) is 97.8 Å². The first-order chi connectivity index (χ1) is 54.9.